The minimum Gasteiger partial charge on any atom is -0.790 e. The second-order valence-corrected chi connectivity index (χ2v) is 15.9. The van der Waals surface area contributed by atoms with E-state index in [0.717, 1.165) is 10.8 Å². The molecule has 316 valence electrons. The Bertz CT molecular complexity index is 2160. The summed E-state index contributed by atoms with van der Waals surface area (Å²) in [5.41, 5.74) is 3.25. The maximum Gasteiger partial charge on any atom is 1.00 e. The van der Waals surface area contributed by atoms with Crippen molar-refractivity contribution in [1.29, 1.82) is 0 Å². The first-order chi connectivity index (χ1) is 26.6. The van der Waals surface area contributed by atoms with Gasteiger partial charge in [0.2, 0.25) is 5.91 Å². The van der Waals surface area contributed by atoms with Crippen molar-refractivity contribution in [2.75, 3.05) is 19.7 Å². The molecule has 1 fully saturated rings. The van der Waals surface area contributed by atoms with Crippen molar-refractivity contribution in [1.82, 2.24) is 20.2 Å². The Hall–Kier alpha value is -1.67. The first kappa shape index (κ1) is 61.4. The van der Waals surface area contributed by atoms with E-state index in [1.165, 1.54) is 12.2 Å². The van der Waals surface area contributed by atoms with Gasteiger partial charge in [-0.25, -0.2) is 26.7 Å². The van der Waals surface area contributed by atoms with Crippen LogP contribution >= 0.6 is 23.5 Å². The molecule has 23 nitrogen and oxygen atoms in total. The van der Waals surface area contributed by atoms with Gasteiger partial charge in [-0.15, -0.1) is 0 Å². The van der Waals surface area contributed by atoms with E-state index >= 15 is 0 Å². The van der Waals surface area contributed by atoms with Crippen molar-refractivity contribution in [3.63, 3.8) is 0 Å². The monoisotopic (exact) mass is 905 g/mol. The van der Waals surface area contributed by atoms with Crippen LogP contribution in [0, 0.1) is 23.3 Å². The van der Waals surface area contributed by atoms with Crippen LogP contribution < -0.4 is 117 Å². The maximum atomic E-state index is 14.1. The first-order valence-electron chi connectivity index (χ1n) is 16.1. The molecule has 0 spiro atoms. The number of azide groups is 1. The first-order valence-corrected chi connectivity index (χ1v) is 20.5. The molecule has 0 aliphatic carbocycles. The second-order valence-electron chi connectivity index (χ2n) is 11.6. The number of nitrogens with zero attached hydrogens (tertiary/aromatic N) is 4. The van der Waals surface area contributed by atoms with Gasteiger partial charge in [0, 0.05) is 37.0 Å². The molecule has 34 heteroatoms. The molecule has 2 aromatic rings. The van der Waals surface area contributed by atoms with Crippen LogP contribution in [-0.4, -0.2) is 58.4 Å². The summed E-state index contributed by atoms with van der Waals surface area (Å²) in [4.78, 5) is 97.1. The normalized spacial score (nSPS) is 17.9. The summed E-state index contributed by atoms with van der Waals surface area (Å²) in [7, 11) is -18.3. The molecule has 2 heterocycles. The Balaban J connectivity index is 0. The van der Waals surface area contributed by atoms with Crippen molar-refractivity contribution in [2.24, 2.45) is 5.11 Å². The van der Waals surface area contributed by atoms with Gasteiger partial charge >= 0.3 is 81.1 Å². The third-order valence-electron chi connectivity index (χ3n) is 7.50. The van der Waals surface area contributed by atoms with Gasteiger partial charge in [0.05, 0.1) is 26.1 Å². The number of carbonyl (C=O) groups is 2. The number of aromatic nitrogens is 2. The molecule has 0 radical (unpaired) electrons. The van der Waals surface area contributed by atoms with Crippen molar-refractivity contribution in [3.05, 3.63) is 77.9 Å². The number of carbonyl (C=O) groups excluding carboxylic acids is 2. The summed E-state index contributed by atoms with van der Waals surface area (Å²) in [6.45, 7) is -1.27. The number of phosphoric ester groups is 1. The molecule has 0 saturated carbocycles. The zero-order chi connectivity index (χ0) is 42.7. The fourth-order valence-electron chi connectivity index (χ4n) is 4.95. The summed E-state index contributed by atoms with van der Waals surface area (Å²) in [6, 6.07) is 0. The number of rotatable bonds is 21. The second kappa shape index (κ2) is 27.6. The van der Waals surface area contributed by atoms with E-state index in [-0.39, 0.29) is 113 Å². The number of phosphoric acid groups is 3. The number of H-pyrrole nitrogens is 1. The molecule has 1 aromatic carbocycles. The molecule has 1 aromatic heterocycles. The molecule has 3 rings (SSSR count). The zero-order valence-electron chi connectivity index (χ0n) is 32.7. The summed E-state index contributed by atoms with van der Waals surface area (Å²) >= 11 is 0. The van der Waals surface area contributed by atoms with Crippen molar-refractivity contribution in [3.8, 4) is 0 Å². The van der Waals surface area contributed by atoms with Crippen molar-refractivity contribution < 1.29 is 159 Å². The number of nitrogens with one attached hydrogen (secondary N) is 3. The number of amides is 2. The average Bonchev–Trinajstić information content (AvgIpc) is 3.46. The fraction of sp³-hybridized carbons (Fsp3) is 0.481. The molecule has 1 saturated heterocycles. The third kappa shape index (κ3) is 19.5. The number of aliphatic hydroxyl groups excluding tert-OH is 1. The van der Waals surface area contributed by atoms with E-state index in [0.29, 0.717) is 32.1 Å². The standard InChI is InChI=1S/C27H34F4N7O16P3.4Li/c28-20-19(21(29)23(31)24(22(20)30)36-37-32)26(42)34-9-5-3-1-2-4-8-17(40)33-10-6-7-14-12-38(27(43)35-25(14)41)18-11-15(39)16(52-18)13-51-56(47,48)54-57(49,50)53-55(44,45)46;;;;/h6-7,12,15-16,18,39H,1-5,8-11,13H2,(H,33,40)(H,34,42)(H,47,48)(H,49,50)(H,35,41,43)(H2,44,45,46);;;;/q;4*+1/p-4/b7-6+;;;;/t15-,16+,18+;;;;/m0..../s1. The largest absolute Gasteiger partial charge is 1.00 e. The molecule has 61 heavy (non-hydrogen) atoms. The van der Waals surface area contributed by atoms with Gasteiger partial charge in [0.1, 0.15) is 23.6 Å². The van der Waals surface area contributed by atoms with Crippen molar-refractivity contribution in [2.45, 2.75) is 63.4 Å². The minimum absolute atomic E-state index is 0. The molecule has 4 N–H and O–H groups in total. The van der Waals surface area contributed by atoms with E-state index in [1.807, 2.05) is 4.98 Å². The quantitative estimate of drug-likeness (QED) is 0.0132. The fourth-order valence-corrected chi connectivity index (χ4v) is 7.81. The topological polar surface area (TPSA) is 362 Å². The summed E-state index contributed by atoms with van der Waals surface area (Å²) in [5.74, 6) is -9.87. The predicted molar refractivity (Wildman–Crippen MR) is 174 cm³/mol. The molecular weight excluding hydrogens is 875 g/mol. The molecular formula is C27H30F4Li4N7O16P3. The van der Waals surface area contributed by atoms with Crippen molar-refractivity contribution >= 4 is 47.0 Å². The summed E-state index contributed by atoms with van der Waals surface area (Å²) in [5, 5.41) is 17.5. The van der Waals surface area contributed by atoms with Gasteiger partial charge in [0.15, 0.2) is 23.3 Å². The molecule has 0 bridgehead atoms. The van der Waals surface area contributed by atoms with E-state index in [4.69, 9.17) is 10.3 Å². The number of aromatic amines is 1. The van der Waals surface area contributed by atoms with Gasteiger partial charge in [-0.2, -0.15) is 0 Å². The van der Waals surface area contributed by atoms with E-state index in [1.54, 1.807) is 0 Å². The smallest absolute Gasteiger partial charge is 0.790 e. The average molecular weight is 905 g/mol. The van der Waals surface area contributed by atoms with Gasteiger partial charge in [-0.05, 0) is 18.4 Å². The predicted octanol–water partition coefficient (Wildman–Crippen LogP) is -11.6. The molecule has 2 amide bonds. The van der Waals surface area contributed by atoms with Crippen LogP contribution in [0.3, 0.4) is 0 Å². The van der Waals surface area contributed by atoms with Crippen LogP contribution in [0.25, 0.3) is 16.5 Å². The Morgan fingerprint density at radius 2 is 1.54 bits per heavy atom. The van der Waals surface area contributed by atoms with Gasteiger partial charge in [-0.3, -0.25) is 37.4 Å². The molecule has 2 unspecified atom stereocenters. The maximum absolute atomic E-state index is 14.1. The van der Waals surface area contributed by atoms with Gasteiger partial charge < -0.3 is 49.1 Å². The van der Waals surface area contributed by atoms with Crippen LogP contribution in [0.2, 0.25) is 0 Å². The number of unbranched alkanes of at least 4 members (excludes halogenated alkanes) is 4. The zero-order valence-corrected chi connectivity index (χ0v) is 35.4. The number of ether oxygens (including phenoxy) is 1. The number of benzene rings is 1. The number of halogens is 4. The minimum atomic E-state index is -6.23. The number of hydrogen-bond acceptors (Lipinski definition) is 17. The van der Waals surface area contributed by atoms with E-state index in [2.05, 4.69) is 33.8 Å². The Labute approximate surface area is 389 Å². The van der Waals surface area contributed by atoms with Crippen LogP contribution in [0.1, 0.15) is 67.1 Å². The van der Waals surface area contributed by atoms with Crippen LogP contribution in [0.5, 0.6) is 0 Å². The Morgan fingerprint density at radius 3 is 2.13 bits per heavy atom. The third-order valence-corrected chi connectivity index (χ3v) is 11.2. The Kier molecular flexibility index (Phi) is 27.8. The SMILES string of the molecule is [Li+].[Li+].[Li+].[Li+].[N-]=[N+]=Nc1c(F)c(F)c(C(=O)NCCCCCCCC(=O)NC/C=C/c2cn([C@H]3C[C@H](O)[C@@H](COP(=O)([O-])OP(=O)([O-])OP(=O)([O-])[O-])O3)c(=O)[nH]c2=O)c(F)c1F. The molecule has 5 atom stereocenters. The molecule has 1 aliphatic heterocycles. The van der Waals surface area contributed by atoms with E-state index < -0.39 is 100 Å². The van der Waals surface area contributed by atoms with E-state index in [9.17, 15) is 75.1 Å². The van der Waals surface area contributed by atoms with Gasteiger partial charge in [-0.1, -0.05) is 36.5 Å². The van der Waals surface area contributed by atoms with Crippen LogP contribution in [0.4, 0.5) is 23.2 Å². The number of aliphatic hydroxyl groups is 1. The molecule has 1 aliphatic rings. The van der Waals surface area contributed by atoms with Crippen LogP contribution in [-0.2, 0) is 36.4 Å². The summed E-state index contributed by atoms with van der Waals surface area (Å²) < 4.78 is 107. The van der Waals surface area contributed by atoms with Crippen LogP contribution in [0.15, 0.2) is 27.0 Å². The summed E-state index contributed by atoms with van der Waals surface area (Å²) in [6.07, 6.45) is 1.38. The Morgan fingerprint density at radius 1 is 0.951 bits per heavy atom. The number of hydrogen-bond donors (Lipinski definition) is 4. The van der Waals surface area contributed by atoms with Gasteiger partial charge in [0.25, 0.3) is 27.1 Å².